The van der Waals surface area contributed by atoms with E-state index in [0.717, 1.165) is 76.7 Å². The summed E-state index contributed by atoms with van der Waals surface area (Å²) in [7, 11) is 0. The van der Waals surface area contributed by atoms with Gasteiger partial charge < -0.3 is 45.1 Å². The fourth-order valence-electron chi connectivity index (χ4n) is 9.12. The maximum atomic E-state index is 14.1. The number of piperidine rings is 1. The molecule has 2 aromatic heterocycles. The van der Waals surface area contributed by atoms with Crippen molar-refractivity contribution in [2.24, 2.45) is 5.41 Å². The van der Waals surface area contributed by atoms with E-state index in [1.807, 2.05) is 107 Å². The van der Waals surface area contributed by atoms with Crippen molar-refractivity contribution in [2.75, 3.05) is 57.9 Å². The number of nitrogens with one attached hydrogen (secondary N) is 3. The van der Waals surface area contributed by atoms with Gasteiger partial charge in [0.1, 0.15) is 31.0 Å². The van der Waals surface area contributed by atoms with Crippen LogP contribution in [0.4, 0.5) is 11.6 Å². The maximum Gasteiger partial charge on any atom is 0.246 e. The molecule has 2 fully saturated rings. The van der Waals surface area contributed by atoms with E-state index >= 15 is 0 Å². The molecule has 2 saturated heterocycles. The predicted octanol–water partition coefficient (Wildman–Crippen LogP) is 8.30. The second-order valence-electron chi connectivity index (χ2n) is 20.4. The van der Waals surface area contributed by atoms with Gasteiger partial charge in [-0.3, -0.25) is 14.4 Å². The Labute approximate surface area is 438 Å². The Morgan fingerprint density at radius 1 is 0.932 bits per heavy atom. The number of carbonyl (C=O) groups excluding carboxylic acids is 3. The number of amides is 3. The highest BCUT2D eigenvalue weighted by Gasteiger charge is 2.45. The van der Waals surface area contributed by atoms with Gasteiger partial charge in [0.15, 0.2) is 5.69 Å². The van der Waals surface area contributed by atoms with Gasteiger partial charge in [0.2, 0.25) is 23.7 Å². The zero-order chi connectivity index (χ0) is 52.3. The summed E-state index contributed by atoms with van der Waals surface area (Å²) in [5.41, 5.74) is 7.00. The summed E-state index contributed by atoms with van der Waals surface area (Å²) in [6, 6.07) is 21.2. The van der Waals surface area contributed by atoms with Gasteiger partial charge in [-0.1, -0.05) is 88.7 Å². The molecule has 0 radical (unpaired) electrons. The summed E-state index contributed by atoms with van der Waals surface area (Å²) in [6.07, 6.45) is 2.81. The standard InChI is InChI=1S/C55H68ClN9O7S/c1-35(37-9-11-38(12-10-37)49-36(2)59-34-73-49)60-51(68)47-30-45(66)31-65(47)52(69)50(54(3,4)5)63-48(67)33-71-26-25-70-24-23-64-21-18-42(19-22-64)61-53-58-20-17-43(62-53)32-72-46-15-13-39(14-16-46)55(6,7)40-27-41(56)29-44(28-40)57-8/h9-17,20,27-29,34-35,42,45,47,50,66H,18-19,21-26,30-33H2,1-7H3,(H,60,68)(H,63,67)(H,58,61,62)/t35-,45-,47+,50-/m1/s1. The van der Waals surface area contributed by atoms with Crippen molar-refractivity contribution < 1.29 is 33.7 Å². The van der Waals surface area contributed by atoms with Crippen LogP contribution in [0.25, 0.3) is 15.3 Å². The zero-order valence-electron chi connectivity index (χ0n) is 42.8. The number of thiazole rings is 1. The van der Waals surface area contributed by atoms with Crippen molar-refractivity contribution in [1.29, 1.82) is 0 Å². The molecule has 0 unspecified atom stereocenters. The molecule has 0 bridgehead atoms. The largest absolute Gasteiger partial charge is 0.487 e. The Kier molecular flexibility index (Phi) is 18.6. The van der Waals surface area contributed by atoms with Crippen molar-refractivity contribution in [2.45, 2.75) is 110 Å². The third kappa shape index (κ3) is 14.8. The van der Waals surface area contributed by atoms with Crippen LogP contribution in [0.1, 0.15) is 94.9 Å². The van der Waals surface area contributed by atoms with Crippen LogP contribution in [0.5, 0.6) is 5.75 Å². The van der Waals surface area contributed by atoms with Crippen LogP contribution >= 0.6 is 22.9 Å². The van der Waals surface area contributed by atoms with E-state index in [-0.39, 0.29) is 49.6 Å². The fourth-order valence-corrected chi connectivity index (χ4v) is 10.2. The summed E-state index contributed by atoms with van der Waals surface area (Å²) in [5, 5.41) is 20.6. The molecule has 3 aromatic carbocycles. The number of anilines is 1. The van der Waals surface area contributed by atoms with Crippen molar-refractivity contribution in [3.8, 4) is 16.2 Å². The average molecular weight is 1030 g/mol. The number of carbonyl (C=O) groups is 3. The van der Waals surface area contributed by atoms with E-state index in [1.54, 1.807) is 23.6 Å². The minimum Gasteiger partial charge on any atom is -0.487 e. The first-order chi connectivity index (χ1) is 34.9. The van der Waals surface area contributed by atoms with E-state index in [9.17, 15) is 19.5 Å². The van der Waals surface area contributed by atoms with Gasteiger partial charge in [-0.25, -0.2) is 19.8 Å². The molecule has 0 spiro atoms. The van der Waals surface area contributed by atoms with E-state index < -0.39 is 35.4 Å². The highest BCUT2D eigenvalue weighted by Crippen LogP contribution is 2.37. The number of rotatable bonds is 21. The van der Waals surface area contributed by atoms with Crippen molar-refractivity contribution in [3.63, 3.8) is 0 Å². The molecule has 16 nitrogen and oxygen atoms in total. The molecular formula is C55H68ClN9O7S. The molecule has 4 heterocycles. The number of β-amino-alcohol motifs (C(OH)–C–C–N with tert-alkyl or cyclic N) is 1. The number of aryl methyl sites for hydroxylation is 1. The Balaban J connectivity index is 0.772. The second kappa shape index (κ2) is 24.8. The number of benzene rings is 3. The van der Waals surface area contributed by atoms with Crippen LogP contribution in [-0.2, 0) is 35.9 Å². The lowest BCUT2D eigenvalue weighted by atomic mass is 9.78. The van der Waals surface area contributed by atoms with Crippen molar-refractivity contribution in [3.05, 3.63) is 129 Å². The number of aliphatic hydroxyl groups excluding tert-OH is 1. The van der Waals surface area contributed by atoms with E-state index in [2.05, 4.69) is 49.5 Å². The van der Waals surface area contributed by atoms with Gasteiger partial charge in [0.25, 0.3) is 0 Å². The van der Waals surface area contributed by atoms with Crippen LogP contribution in [-0.4, -0.2) is 124 Å². The lowest BCUT2D eigenvalue weighted by Crippen LogP contribution is -2.58. The van der Waals surface area contributed by atoms with Crippen LogP contribution in [0, 0.1) is 18.9 Å². The molecule has 3 amide bonds. The molecule has 4 atom stereocenters. The molecule has 0 aliphatic carbocycles. The van der Waals surface area contributed by atoms with Crippen LogP contribution in [0.2, 0.25) is 5.02 Å². The number of hydrogen-bond acceptors (Lipinski definition) is 13. The lowest BCUT2D eigenvalue weighted by molar-refractivity contribution is -0.144. The van der Waals surface area contributed by atoms with Crippen molar-refractivity contribution >= 4 is 52.3 Å². The zero-order valence-corrected chi connectivity index (χ0v) is 44.4. The molecule has 2 aliphatic rings. The van der Waals surface area contributed by atoms with Crippen molar-refractivity contribution in [1.82, 2.24) is 35.4 Å². The van der Waals surface area contributed by atoms with Crippen LogP contribution in [0.3, 0.4) is 0 Å². The van der Waals surface area contributed by atoms with Crippen LogP contribution < -0.4 is 20.7 Å². The normalized spacial score (nSPS) is 17.4. The maximum absolute atomic E-state index is 14.1. The highest BCUT2D eigenvalue weighted by molar-refractivity contribution is 7.13. The summed E-state index contributed by atoms with van der Waals surface area (Å²) < 4.78 is 17.6. The average Bonchev–Trinajstić information content (AvgIpc) is 3.99. The monoisotopic (exact) mass is 1030 g/mol. The summed E-state index contributed by atoms with van der Waals surface area (Å²) in [6.45, 7) is 24.6. The number of likely N-dealkylation sites (tertiary alicyclic amines) is 2. The number of hydrogen-bond donors (Lipinski definition) is 4. The first-order valence-electron chi connectivity index (χ1n) is 24.8. The van der Waals surface area contributed by atoms with E-state index in [1.165, 1.54) is 4.90 Å². The Bertz CT molecular complexity index is 2700. The second-order valence-corrected chi connectivity index (χ2v) is 21.7. The lowest BCUT2D eigenvalue weighted by Gasteiger charge is -2.35. The third-order valence-corrected chi connectivity index (χ3v) is 14.7. The summed E-state index contributed by atoms with van der Waals surface area (Å²) in [4.78, 5) is 62.8. The van der Waals surface area contributed by atoms with Gasteiger partial charge in [0, 0.05) is 55.3 Å². The summed E-state index contributed by atoms with van der Waals surface area (Å²) >= 11 is 7.88. The first kappa shape index (κ1) is 54.8. The van der Waals surface area contributed by atoms with Gasteiger partial charge in [-0.05, 0) is 84.7 Å². The molecule has 388 valence electrons. The molecule has 2 aliphatic heterocycles. The molecule has 73 heavy (non-hydrogen) atoms. The molecule has 7 rings (SSSR count). The number of halogens is 1. The third-order valence-electron chi connectivity index (χ3n) is 13.5. The minimum absolute atomic E-state index is 0.0148. The first-order valence-corrected chi connectivity index (χ1v) is 26.1. The fraction of sp³-hybridized carbons (Fsp3) is 0.473. The van der Waals surface area contributed by atoms with Gasteiger partial charge >= 0.3 is 0 Å². The quantitative estimate of drug-likeness (QED) is 0.0408. The molecule has 5 aromatic rings. The number of nitrogens with zero attached hydrogens (tertiary/aromatic N) is 6. The predicted molar refractivity (Wildman–Crippen MR) is 284 cm³/mol. The Hall–Kier alpha value is -6.00. The SMILES string of the molecule is [C-]#[N+]c1cc(Cl)cc(C(C)(C)c2ccc(OCc3ccnc(NC4CCN(CCOCCOCC(=O)N[C@H](C(=O)N5C[C@H](O)C[C@H]5C(=O)N[C@H](C)c5ccc(-c6scnc6C)cc5)C(C)(C)C)CC4)n3)cc2)c1. The van der Waals surface area contributed by atoms with Gasteiger partial charge in [-0.15, -0.1) is 11.3 Å². The van der Waals surface area contributed by atoms with Crippen LogP contribution in [0.15, 0.2) is 84.5 Å². The molecule has 4 N–H and O–H groups in total. The Morgan fingerprint density at radius 3 is 2.34 bits per heavy atom. The molecular weight excluding hydrogens is 966 g/mol. The molecule has 18 heteroatoms. The van der Waals surface area contributed by atoms with E-state index in [0.29, 0.717) is 36.5 Å². The Morgan fingerprint density at radius 2 is 1.66 bits per heavy atom. The number of aliphatic hydroxyl groups is 1. The van der Waals surface area contributed by atoms with Gasteiger partial charge in [-0.2, -0.15) is 0 Å². The smallest absolute Gasteiger partial charge is 0.246 e. The summed E-state index contributed by atoms with van der Waals surface area (Å²) in [5.74, 6) is 0.0294. The number of ether oxygens (including phenoxy) is 3. The van der Waals surface area contributed by atoms with E-state index in [4.69, 9.17) is 37.4 Å². The minimum atomic E-state index is -0.962. The van der Waals surface area contributed by atoms with Gasteiger partial charge in [0.05, 0.1) is 60.3 Å². The molecule has 0 saturated carbocycles. The number of aromatic nitrogens is 3. The topological polar surface area (TPSA) is 185 Å². The highest BCUT2D eigenvalue weighted by atomic mass is 35.5.